The summed E-state index contributed by atoms with van der Waals surface area (Å²) in [4.78, 5) is 15.3. The van der Waals surface area contributed by atoms with Crippen molar-refractivity contribution in [3.63, 3.8) is 0 Å². The highest BCUT2D eigenvalue weighted by atomic mass is 79.9. The molecule has 0 aromatic carbocycles. The Labute approximate surface area is 128 Å². The van der Waals surface area contributed by atoms with Crippen LogP contribution < -0.4 is 5.73 Å². The molecule has 108 valence electrons. The molecule has 0 aliphatic heterocycles. The molecule has 1 aromatic heterocycles. The number of thiophene rings is 1. The van der Waals surface area contributed by atoms with Crippen LogP contribution in [0.4, 0.5) is 0 Å². The van der Waals surface area contributed by atoms with Crippen LogP contribution in [0.25, 0.3) is 0 Å². The zero-order valence-corrected chi connectivity index (χ0v) is 14.1. The second-order valence-electron chi connectivity index (χ2n) is 4.83. The van der Waals surface area contributed by atoms with E-state index in [2.05, 4.69) is 28.9 Å². The molecule has 3 nitrogen and oxygen atoms in total. The summed E-state index contributed by atoms with van der Waals surface area (Å²) in [6, 6.07) is 4.10. The third-order valence-corrected chi connectivity index (χ3v) is 4.83. The number of carbonyl (C=O) groups excluding carboxylic acids is 1. The zero-order valence-electron chi connectivity index (χ0n) is 11.7. The van der Waals surface area contributed by atoms with Crippen LogP contribution >= 0.6 is 27.3 Å². The van der Waals surface area contributed by atoms with Crippen LogP contribution in [0.15, 0.2) is 15.9 Å². The summed E-state index contributed by atoms with van der Waals surface area (Å²) in [6.45, 7) is 6.38. The Bertz CT molecular complexity index is 395. The fourth-order valence-electron chi connectivity index (χ4n) is 1.96. The van der Waals surface area contributed by atoms with E-state index in [4.69, 9.17) is 5.73 Å². The van der Waals surface area contributed by atoms with E-state index >= 15 is 0 Å². The van der Waals surface area contributed by atoms with Crippen molar-refractivity contribution < 1.29 is 4.79 Å². The van der Waals surface area contributed by atoms with Gasteiger partial charge >= 0.3 is 0 Å². The van der Waals surface area contributed by atoms with Crippen molar-refractivity contribution in [1.82, 2.24) is 4.90 Å². The average Bonchev–Trinajstić information content (AvgIpc) is 2.79. The maximum atomic E-state index is 12.2. The number of nitrogens with zero attached hydrogens (tertiary/aromatic N) is 1. The molecular weight excluding hydrogens is 324 g/mol. The van der Waals surface area contributed by atoms with E-state index in [9.17, 15) is 4.79 Å². The molecule has 1 aromatic rings. The first-order valence-corrected chi connectivity index (χ1v) is 8.39. The van der Waals surface area contributed by atoms with E-state index in [0.29, 0.717) is 18.9 Å². The molecule has 1 amide bonds. The molecular formula is C14H23BrN2OS. The molecule has 2 N–H and O–H groups in total. The first-order chi connectivity index (χ1) is 9.06. The van der Waals surface area contributed by atoms with E-state index in [1.807, 2.05) is 17.9 Å². The number of rotatable bonds is 8. The van der Waals surface area contributed by atoms with Crippen molar-refractivity contribution in [2.75, 3.05) is 13.1 Å². The topological polar surface area (TPSA) is 46.3 Å². The molecule has 0 aliphatic rings. The molecule has 19 heavy (non-hydrogen) atoms. The molecule has 0 fully saturated rings. The predicted molar refractivity (Wildman–Crippen MR) is 85.2 cm³/mol. The lowest BCUT2D eigenvalue weighted by Gasteiger charge is -2.21. The van der Waals surface area contributed by atoms with Gasteiger partial charge in [0.2, 0.25) is 5.91 Å². The second kappa shape index (κ2) is 8.72. The minimum Gasteiger partial charge on any atom is -0.338 e. The number of hydrogen-bond donors (Lipinski definition) is 1. The predicted octanol–water partition coefficient (Wildman–Crippen LogP) is 3.62. The highest BCUT2D eigenvalue weighted by molar-refractivity contribution is 9.11. The third-order valence-electron chi connectivity index (χ3n) is 3.22. The molecule has 1 rings (SSSR count). The second-order valence-corrected chi connectivity index (χ2v) is 7.38. The monoisotopic (exact) mass is 346 g/mol. The summed E-state index contributed by atoms with van der Waals surface area (Å²) in [6.07, 6.45) is 2.56. The molecule has 0 aliphatic carbocycles. The number of hydrogen-bond acceptors (Lipinski definition) is 3. The Hall–Kier alpha value is -0.390. The first-order valence-electron chi connectivity index (χ1n) is 6.78. The minimum atomic E-state index is 0.246. The van der Waals surface area contributed by atoms with E-state index < -0.39 is 0 Å². The molecule has 1 heterocycles. The van der Waals surface area contributed by atoms with E-state index in [-0.39, 0.29) is 5.91 Å². The molecule has 0 saturated heterocycles. The molecule has 1 atom stereocenters. The zero-order chi connectivity index (χ0) is 14.3. The van der Waals surface area contributed by atoms with Gasteiger partial charge in [0.1, 0.15) is 0 Å². The van der Waals surface area contributed by atoms with Crippen LogP contribution in [0.2, 0.25) is 0 Å². The van der Waals surface area contributed by atoms with Crippen molar-refractivity contribution in [3.05, 3.63) is 20.8 Å². The van der Waals surface area contributed by atoms with Crippen LogP contribution in [0, 0.1) is 5.92 Å². The normalized spacial score (nSPS) is 12.4. The largest absolute Gasteiger partial charge is 0.338 e. The SMILES string of the molecule is CCN(Cc1ccc(Br)s1)C(=O)CCC(C)CCN. The fourth-order valence-corrected chi connectivity index (χ4v) is 3.46. The Kier molecular flexibility index (Phi) is 7.64. The van der Waals surface area contributed by atoms with Crippen molar-refractivity contribution in [3.8, 4) is 0 Å². The summed E-state index contributed by atoms with van der Waals surface area (Å²) in [7, 11) is 0. The van der Waals surface area contributed by atoms with Crippen molar-refractivity contribution in [2.45, 2.75) is 39.7 Å². The van der Waals surface area contributed by atoms with Gasteiger partial charge in [-0.2, -0.15) is 0 Å². The summed E-state index contributed by atoms with van der Waals surface area (Å²) in [5, 5.41) is 0. The van der Waals surface area contributed by atoms with Gasteiger partial charge in [-0.25, -0.2) is 0 Å². The quantitative estimate of drug-likeness (QED) is 0.781. The van der Waals surface area contributed by atoms with Crippen LogP contribution in [0.5, 0.6) is 0 Å². The van der Waals surface area contributed by atoms with Crippen molar-refractivity contribution in [1.29, 1.82) is 0 Å². The lowest BCUT2D eigenvalue weighted by atomic mass is 10.0. The van der Waals surface area contributed by atoms with E-state index in [1.54, 1.807) is 11.3 Å². The van der Waals surface area contributed by atoms with Gasteiger partial charge in [-0.15, -0.1) is 11.3 Å². The number of halogens is 1. The summed E-state index contributed by atoms with van der Waals surface area (Å²) in [5.41, 5.74) is 5.53. The molecule has 5 heteroatoms. The van der Waals surface area contributed by atoms with Gasteiger partial charge in [-0.05, 0) is 60.3 Å². The van der Waals surface area contributed by atoms with Crippen LogP contribution in [-0.2, 0) is 11.3 Å². The lowest BCUT2D eigenvalue weighted by Crippen LogP contribution is -2.30. The van der Waals surface area contributed by atoms with Gasteiger partial charge in [0.15, 0.2) is 0 Å². The van der Waals surface area contributed by atoms with Gasteiger partial charge in [0.25, 0.3) is 0 Å². The smallest absolute Gasteiger partial charge is 0.222 e. The molecule has 0 saturated carbocycles. The van der Waals surface area contributed by atoms with Gasteiger partial charge in [0, 0.05) is 17.8 Å². The summed E-state index contributed by atoms with van der Waals surface area (Å²) < 4.78 is 1.11. The standard InChI is InChI=1S/C14H23BrN2OS/c1-3-17(10-12-5-6-13(15)19-12)14(18)7-4-11(2)8-9-16/h5-6,11H,3-4,7-10,16H2,1-2H3. The van der Waals surface area contributed by atoms with Crippen LogP contribution in [0.1, 0.15) is 38.0 Å². The molecule has 0 spiro atoms. The Morgan fingerprint density at radius 1 is 1.47 bits per heavy atom. The Morgan fingerprint density at radius 3 is 2.74 bits per heavy atom. The molecule has 0 bridgehead atoms. The van der Waals surface area contributed by atoms with Crippen LogP contribution in [-0.4, -0.2) is 23.9 Å². The number of carbonyl (C=O) groups is 1. The van der Waals surface area contributed by atoms with Crippen LogP contribution in [0.3, 0.4) is 0 Å². The van der Waals surface area contributed by atoms with Gasteiger partial charge < -0.3 is 10.6 Å². The minimum absolute atomic E-state index is 0.246. The summed E-state index contributed by atoms with van der Waals surface area (Å²) >= 11 is 5.14. The first kappa shape index (κ1) is 16.7. The number of nitrogens with two attached hydrogens (primary N) is 1. The number of amides is 1. The Balaban J connectivity index is 2.43. The van der Waals surface area contributed by atoms with E-state index in [1.165, 1.54) is 4.88 Å². The van der Waals surface area contributed by atoms with Gasteiger partial charge in [-0.1, -0.05) is 6.92 Å². The van der Waals surface area contributed by atoms with Gasteiger partial charge in [-0.3, -0.25) is 4.79 Å². The highest BCUT2D eigenvalue weighted by Crippen LogP contribution is 2.23. The maximum absolute atomic E-state index is 12.2. The highest BCUT2D eigenvalue weighted by Gasteiger charge is 2.14. The molecule has 1 unspecified atom stereocenters. The van der Waals surface area contributed by atoms with E-state index in [0.717, 1.165) is 29.7 Å². The summed E-state index contributed by atoms with van der Waals surface area (Å²) in [5.74, 6) is 0.777. The van der Waals surface area contributed by atoms with Gasteiger partial charge in [0.05, 0.1) is 10.3 Å². The lowest BCUT2D eigenvalue weighted by molar-refractivity contribution is -0.131. The average molecular weight is 347 g/mol. The fraction of sp³-hybridized carbons (Fsp3) is 0.643. The van der Waals surface area contributed by atoms with Crippen molar-refractivity contribution >= 4 is 33.2 Å². The third kappa shape index (κ3) is 6.06. The maximum Gasteiger partial charge on any atom is 0.222 e. The van der Waals surface area contributed by atoms with Crippen molar-refractivity contribution in [2.24, 2.45) is 11.7 Å². The Morgan fingerprint density at radius 2 is 2.21 bits per heavy atom. The molecule has 0 radical (unpaired) electrons.